The number of nitrogens with one attached hydrogen (secondary N) is 1. The highest BCUT2D eigenvalue weighted by Crippen LogP contribution is 2.44. The first-order chi connectivity index (χ1) is 17.3. The van der Waals surface area contributed by atoms with E-state index in [-0.39, 0.29) is 12.5 Å². The summed E-state index contributed by atoms with van der Waals surface area (Å²) < 4.78 is 18.1. The number of hydrogen-bond donors (Lipinski definition) is 1. The van der Waals surface area contributed by atoms with Crippen LogP contribution in [0.2, 0.25) is 10.0 Å². The van der Waals surface area contributed by atoms with E-state index < -0.39 is 0 Å². The lowest BCUT2D eigenvalue weighted by atomic mass is 10.1. The predicted molar refractivity (Wildman–Crippen MR) is 153 cm³/mol. The van der Waals surface area contributed by atoms with Gasteiger partial charge in [0.25, 0.3) is 5.91 Å². The molecule has 1 heterocycles. The first-order valence-corrected chi connectivity index (χ1v) is 13.5. The quantitative estimate of drug-likeness (QED) is 0.258. The van der Waals surface area contributed by atoms with E-state index >= 15 is 0 Å². The van der Waals surface area contributed by atoms with Crippen molar-refractivity contribution in [3.63, 3.8) is 0 Å². The fraction of sp³-hybridized carbons (Fsp3) is 0.120. The van der Waals surface area contributed by atoms with Crippen molar-refractivity contribution in [1.82, 2.24) is 5.32 Å². The molecule has 0 aromatic heterocycles. The zero-order valence-corrected chi connectivity index (χ0v) is 24.4. The number of aliphatic imine (C=N–C) groups is 1. The molecule has 1 amide bonds. The maximum Gasteiger partial charge on any atom is 0.264 e. The summed E-state index contributed by atoms with van der Waals surface area (Å²) in [7, 11) is 3.15. The number of benzene rings is 3. The van der Waals surface area contributed by atoms with Crippen molar-refractivity contribution in [2.45, 2.75) is 6.61 Å². The Morgan fingerprint density at radius 2 is 1.75 bits per heavy atom. The molecule has 1 N–H and O–H groups in total. The van der Waals surface area contributed by atoms with Crippen LogP contribution in [0, 0.1) is 0 Å². The van der Waals surface area contributed by atoms with Crippen LogP contribution < -0.4 is 19.5 Å². The lowest BCUT2D eigenvalue weighted by Gasteiger charge is -2.16. The van der Waals surface area contributed by atoms with E-state index in [1.165, 1.54) is 11.8 Å². The fourth-order valence-corrected chi connectivity index (χ4v) is 5.28. The molecule has 0 saturated carbocycles. The number of ether oxygens (including phenoxy) is 3. The first kappa shape index (κ1) is 26.9. The Balaban J connectivity index is 1.57. The predicted octanol–water partition coefficient (Wildman–Crippen LogP) is 8.01. The Labute approximate surface area is 239 Å². The molecule has 0 radical (unpaired) electrons. The minimum Gasteiger partial charge on any atom is -0.497 e. The fourth-order valence-electron chi connectivity index (χ4n) is 3.18. The molecule has 1 aliphatic heterocycles. The van der Waals surface area contributed by atoms with Gasteiger partial charge in [-0.3, -0.25) is 4.79 Å². The number of amidine groups is 1. The van der Waals surface area contributed by atoms with Gasteiger partial charge in [-0.1, -0.05) is 29.3 Å². The normalized spacial score (nSPS) is 15.3. The van der Waals surface area contributed by atoms with E-state index in [9.17, 15) is 4.79 Å². The van der Waals surface area contributed by atoms with E-state index in [0.29, 0.717) is 46.2 Å². The zero-order chi connectivity index (χ0) is 25.8. The minimum atomic E-state index is -0.241. The van der Waals surface area contributed by atoms with Gasteiger partial charge >= 0.3 is 0 Å². The Hall–Kier alpha value is -2.17. The van der Waals surface area contributed by atoms with Crippen molar-refractivity contribution in [2.24, 2.45) is 4.99 Å². The van der Waals surface area contributed by atoms with Gasteiger partial charge in [0.05, 0.1) is 39.3 Å². The van der Waals surface area contributed by atoms with Crippen LogP contribution in [0.5, 0.6) is 17.2 Å². The summed E-state index contributed by atoms with van der Waals surface area (Å²) in [4.78, 5) is 17.6. The number of carbonyl (C=O) groups excluding carboxylic acids is 1. The van der Waals surface area contributed by atoms with Crippen LogP contribution in [0.15, 0.2) is 67.4 Å². The molecule has 0 spiro atoms. The molecule has 3 aromatic rings. The van der Waals surface area contributed by atoms with Crippen molar-refractivity contribution in [1.29, 1.82) is 0 Å². The van der Waals surface area contributed by atoms with Crippen LogP contribution in [0.4, 0.5) is 5.69 Å². The third-order valence-corrected chi connectivity index (χ3v) is 8.78. The number of carbonyl (C=O) groups is 1. The highest BCUT2D eigenvalue weighted by Gasteiger charge is 2.25. The molecule has 1 saturated heterocycles. The monoisotopic (exact) mass is 670 g/mol. The summed E-state index contributed by atoms with van der Waals surface area (Å²) in [5.41, 5.74) is 2.28. The average Bonchev–Trinajstić information content (AvgIpc) is 3.22. The Morgan fingerprint density at radius 1 is 1.00 bits per heavy atom. The number of hydrogen-bond acceptors (Lipinski definition) is 6. The zero-order valence-electron chi connectivity index (χ0n) is 18.9. The number of halogens is 4. The maximum absolute atomic E-state index is 12.6. The summed E-state index contributed by atoms with van der Waals surface area (Å²) in [5, 5.41) is 4.21. The van der Waals surface area contributed by atoms with Gasteiger partial charge in [-0.15, -0.1) is 0 Å². The Kier molecular flexibility index (Phi) is 8.90. The van der Waals surface area contributed by atoms with Crippen molar-refractivity contribution in [3.05, 3.63) is 83.6 Å². The van der Waals surface area contributed by atoms with Crippen molar-refractivity contribution >= 4 is 89.7 Å². The van der Waals surface area contributed by atoms with Gasteiger partial charge in [-0.25, -0.2) is 4.99 Å². The number of thioether (sulfide) groups is 1. The first-order valence-electron chi connectivity index (χ1n) is 10.4. The largest absolute Gasteiger partial charge is 0.497 e. The molecule has 3 aromatic carbocycles. The molecule has 1 fully saturated rings. The maximum atomic E-state index is 12.6. The van der Waals surface area contributed by atoms with Gasteiger partial charge in [-0.2, -0.15) is 0 Å². The number of nitrogens with zero attached hydrogens (tertiary/aromatic N) is 1. The molecule has 6 nitrogen and oxygen atoms in total. The van der Waals surface area contributed by atoms with Crippen LogP contribution >= 0.6 is 66.8 Å². The summed E-state index contributed by atoms with van der Waals surface area (Å²) in [6.45, 7) is 0.252. The standard InChI is InChI=1S/C25H18Br2Cl2N2O4S/c1-33-16-6-4-15(5-7-16)30-25-31-24(32)20(36-25)11-14-10-19(34-2)23(22(27)21(14)26)35-12-13-3-8-17(28)18(29)9-13/h3-11H,12H2,1-2H3,(H,30,31,32)/b20-11-. The highest BCUT2D eigenvalue weighted by atomic mass is 79.9. The second-order valence-electron chi connectivity index (χ2n) is 7.34. The van der Waals surface area contributed by atoms with Crippen LogP contribution in [0.1, 0.15) is 11.1 Å². The lowest BCUT2D eigenvalue weighted by Crippen LogP contribution is -2.19. The van der Waals surface area contributed by atoms with E-state index in [0.717, 1.165) is 16.9 Å². The van der Waals surface area contributed by atoms with Crippen molar-refractivity contribution in [2.75, 3.05) is 14.2 Å². The summed E-state index contributed by atoms with van der Waals surface area (Å²) in [5.74, 6) is 1.49. The molecular weight excluding hydrogens is 655 g/mol. The van der Waals surface area contributed by atoms with Crippen molar-refractivity contribution in [3.8, 4) is 17.2 Å². The molecule has 1 aliphatic rings. The second-order valence-corrected chi connectivity index (χ2v) is 10.8. The van der Waals surface area contributed by atoms with E-state index in [1.54, 1.807) is 38.5 Å². The Morgan fingerprint density at radius 3 is 2.42 bits per heavy atom. The topological polar surface area (TPSA) is 69.2 Å². The van der Waals surface area contributed by atoms with Gasteiger partial charge in [0.2, 0.25) is 0 Å². The number of methoxy groups -OCH3 is 2. The molecule has 36 heavy (non-hydrogen) atoms. The molecule has 0 atom stereocenters. The molecule has 11 heteroatoms. The van der Waals surface area contributed by atoms with Crippen LogP contribution in [0.3, 0.4) is 0 Å². The minimum absolute atomic E-state index is 0.241. The third-order valence-electron chi connectivity index (χ3n) is 4.98. The van der Waals surface area contributed by atoms with E-state index in [4.69, 9.17) is 37.4 Å². The smallest absolute Gasteiger partial charge is 0.264 e. The SMILES string of the molecule is COc1ccc(N=C2NC(=O)/C(=C/c3cc(OC)c(OCc4ccc(Cl)c(Cl)c4)c(Br)c3Br)S2)cc1. The van der Waals surface area contributed by atoms with Gasteiger partial charge < -0.3 is 19.5 Å². The van der Waals surface area contributed by atoms with E-state index in [1.807, 2.05) is 30.3 Å². The average molecular weight is 673 g/mol. The van der Waals surface area contributed by atoms with Crippen molar-refractivity contribution < 1.29 is 19.0 Å². The van der Waals surface area contributed by atoms with Crippen LogP contribution in [0.25, 0.3) is 6.08 Å². The van der Waals surface area contributed by atoms with E-state index in [2.05, 4.69) is 42.2 Å². The molecule has 0 bridgehead atoms. The lowest BCUT2D eigenvalue weighted by molar-refractivity contribution is -0.115. The van der Waals surface area contributed by atoms with Crippen LogP contribution in [-0.2, 0) is 11.4 Å². The summed E-state index contributed by atoms with van der Waals surface area (Å²) >= 11 is 20.5. The summed E-state index contributed by atoms with van der Waals surface area (Å²) in [6.07, 6.45) is 1.76. The molecule has 0 unspecified atom stereocenters. The molecule has 0 aliphatic carbocycles. The highest BCUT2D eigenvalue weighted by molar-refractivity contribution is 9.13. The van der Waals surface area contributed by atoms with Gasteiger partial charge in [0, 0.05) is 4.47 Å². The third kappa shape index (κ3) is 6.20. The molecule has 186 valence electrons. The van der Waals surface area contributed by atoms with Gasteiger partial charge in [-0.05, 0) is 103 Å². The molecular formula is C25H18Br2Cl2N2O4S. The second kappa shape index (κ2) is 11.9. The number of rotatable bonds is 7. The van der Waals surface area contributed by atoms with Crippen LogP contribution in [-0.4, -0.2) is 25.3 Å². The summed E-state index contributed by atoms with van der Waals surface area (Å²) in [6, 6.07) is 14.3. The molecule has 4 rings (SSSR count). The number of amides is 1. The van der Waals surface area contributed by atoms with Gasteiger partial charge in [0.1, 0.15) is 12.4 Å². The van der Waals surface area contributed by atoms with Gasteiger partial charge in [0.15, 0.2) is 16.7 Å². The Bertz CT molecular complexity index is 1380.